The largest absolute Gasteiger partial charge is 1.00 e. The number of carbonyl (C=O) groups is 2. The molecule has 5 nitrogen and oxygen atoms in total. The van der Waals surface area contributed by atoms with E-state index in [-0.39, 0.29) is 29.6 Å². The van der Waals surface area contributed by atoms with E-state index >= 15 is 0 Å². The maximum Gasteiger partial charge on any atom is 1.00 e. The molecule has 0 rings (SSSR count). The number of nitrogens with zero attached hydrogens (tertiary/aromatic N) is 1. The first-order valence-electron chi connectivity index (χ1n) is 1.79. The number of rotatable bonds is 2. The van der Waals surface area contributed by atoms with Crippen LogP contribution in [0.15, 0.2) is 0 Å². The molecule has 0 aromatic rings. The Bertz CT molecular complexity index is 120. The second-order valence-corrected chi connectivity index (χ2v) is 0.964. The van der Waals surface area contributed by atoms with Gasteiger partial charge < -0.3 is 22.0 Å². The average molecular weight is 153 g/mol. The Morgan fingerprint density at radius 2 is 1.40 bits per heavy atom. The Kier molecular flexibility index (Phi) is 18.2. The van der Waals surface area contributed by atoms with E-state index in [0.717, 1.165) is 0 Å². The third kappa shape index (κ3) is 26.1. The van der Waals surface area contributed by atoms with E-state index < -0.39 is 18.4 Å². The molecule has 0 amide bonds. The topological polar surface area (TPSA) is 98.4 Å². The molecular formula is C4H4NNaO4. The summed E-state index contributed by atoms with van der Waals surface area (Å²) in [5, 5.41) is 21.7. The maximum absolute atomic E-state index is 9.43. The van der Waals surface area contributed by atoms with Gasteiger partial charge in [0.25, 0.3) is 0 Å². The van der Waals surface area contributed by atoms with Crippen LogP contribution in [0.25, 0.3) is 0 Å². The fraction of sp³-hybridized carbons (Fsp3) is 0.250. The van der Waals surface area contributed by atoms with Gasteiger partial charge in [0.05, 0.1) is 0 Å². The normalized spacial score (nSPS) is 5.80. The van der Waals surface area contributed by atoms with E-state index in [4.69, 9.17) is 22.0 Å². The van der Waals surface area contributed by atoms with Crippen molar-refractivity contribution in [2.45, 2.75) is 6.42 Å². The molecular weight excluding hydrogens is 149 g/mol. The molecule has 0 aliphatic carbocycles. The van der Waals surface area contributed by atoms with Crippen LogP contribution in [0.5, 0.6) is 0 Å². The molecule has 0 aromatic carbocycles. The Hall–Kier alpha value is -0.570. The van der Waals surface area contributed by atoms with Crippen LogP contribution in [0.4, 0.5) is 0 Å². The van der Waals surface area contributed by atoms with Crippen molar-refractivity contribution in [1.82, 2.24) is 0 Å². The summed E-state index contributed by atoms with van der Waals surface area (Å²) < 4.78 is 0. The molecule has 0 heterocycles. The fourth-order valence-electron chi connectivity index (χ4n) is 0.129. The van der Waals surface area contributed by atoms with E-state index in [9.17, 15) is 9.59 Å². The minimum Gasteiger partial charge on any atom is -0.512 e. The first-order valence-corrected chi connectivity index (χ1v) is 1.79. The summed E-state index contributed by atoms with van der Waals surface area (Å²) in [5.74, 6) is -2.62. The Morgan fingerprint density at radius 3 is 1.40 bits per heavy atom. The molecule has 0 spiro atoms. The Balaban J connectivity index is -0.000000149. The van der Waals surface area contributed by atoms with E-state index in [1.54, 1.807) is 0 Å². The predicted molar refractivity (Wildman–Crippen MR) is 24.9 cm³/mol. The molecule has 0 saturated heterocycles. The van der Waals surface area contributed by atoms with Gasteiger partial charge in [-0.15, -0.1) is 0 Å². The van der Waals surface area contributed by atoms with Gasteiger partial charge in [-0.25, -0.2) is 0 Å². The molecule has 0 atom stereocenters. The summed E-state index contributed by atoms with van der Waals surface area (Å²) in [7, 11) is 0. The number of hydrogen-bond acceptors (Lipinski definition) is 3. The van der Waals surface area contributed by atoms with Crippen LogP contribution in [0.3, 0.4) is 0 Å². The van der Waals surface area contributed by atoms with Crippen LogP contribution < -0.4 is 29.6 Å². The zero-order valence-corrected chi connectivity index (χ0v) is 7.37. The Labute approximate surface area is 79.6 Å². The van der Waals surface area contributed by atoms with Crippen molar-refractivity contribution < 1.29 is 49.4 Å². The van der Waals surface area contributed by atoms with Crippen LogP contribution in [-0.4, -0.2) is 22.2 Å². The molecule has 6 heteroatoms. The van der Waals surface area contributed by atoms with E-state index in [1.807, 2.05) is 0 Å². The minimum absolute atomic E-state index is 0. The monoisotopic (exact) mass is 153 g/mol. The van der Waals surface area contributed by atoms with Gasteiger partial charge in [0, 0.05) is 0 Å². The summed E-state index contributed by atoms with van der Waals surface area (Å²) >= 11 is 0. The SMILES string of the molecule is O=C(O)CC(=O)O.[C-]#N.[Na+]. The van der Waals surface area contributed by atoms with Crippen molar-refractivity contribution in [1.29, 1.82) is 5.26 Å². The molecule has 0 aliphatic heterocycles. The van der Waals surface area contributed by atoms with E-state index in [0.29, 0.717) is 0 Å². The number of hydrogen-bond donors (Lipinski definition) is 2. The second-order valence-electron chi connectivity index (χ2n) is 0.964. The molecule has 0 radical (unpaired) electrons. The van der Waals surface area contributed by atoms with Crippen LogP contribution >= 0.6 is 0 Å². The van der Waals surface area contributed by atoms with E-state index in [2.05, 4.69) is 0 Å². The second kappa shape index (κ2) is 11.3. The summed E-state index contributed by atoms with van der Waals surface area (Å²) in [6.07, 6.45) is -0.806. The van der Waals surface area contributed by atoms with Gasteiger partial charge in [-0.2, -0.15) is 0 Å². The molecule has 0 saturated carbocycles. The van der Waals surface area contributed by atoms with Gasteiger partial charge in [0.2, 0.25) is 0 Å². The van der Waals surface area contributed by atoms with Crippen molar-refractivity contribution >= 4 is 11.9 Å². The van der Waals surface area contributed by atoms with Crippen molar-refractivity contribution in [2.24, 2.45) is 0 Å². The number of carboxylic acids is 2. The molecule has 0 aromatic heterocycles. The molecule has 0 unspecified atom stereocenters. The fourth-order valence-corrected chi connectivity index (χ4v) is 0.129. The molecule has 0 aliphatic rings. The van der Waals surface area contributed by atoms with Gasteiger partial charge in [-0.1, -0.05) is 0 Å². The zero-order chi connectivity index (χ0) is 7.86. The number of aliphatic carboxylic acids is 2. The van der Waals surface area contributed by atoms with Gasteiger partial charge in [-0.05, 0) is 0 Å². The summed E-state index contributed by atoms with van der Waals surface area (Å²) in [6, 6.07) is 0. The van der Waals surface area contributed by atoms with Crippen molar-refractivity contribution in [3.63, 3.8) is 0 Å². The minimum atomic E-state index is -1.31. The third-order valence-corrected chi connectivity index (χ3v) is 0.302. The molecule has 50 valence electrons. The molecule has 0 bridgehead atoms. The van der Waals surface area contributed by atoms with Gasteiger partial charge in [0.15, 0.2) is 0 Å². The van der Waals surface area contributed by atoms with E-state index in [1.165, 1.54) is 0 Å². The molecule has 0 fully saturated rings. The molecule has 10 heavy (non-hydrogen) atoms. The quantitative estimate of drug-likeness (QED) is 0.245. The van der Waals surface area contributed by atoms with Gasteiger partial charge in [0.1, 0.15) is 6.42 Å². The summed E-state index contributed by atoms with van der Waals surface area (Å²) in [5.41, 5.74) is 0. The van der Waals surface area contributed by atoms with Gasteiger partial charge in [-0.3, -0.25) is 9.59 Å². The van der Waals surface area contributed by atoms with Crippen molar-refractivity contribution in [2.75, 3.05) is 0 Å². The third-order valence-electron chi connectivity index (χ3n) is 0.302. The zero-order valence-electron chi connectivity index (χ0n) is 5.37. The summed E-state index contributed by atoms with van der Waals surface area (Å²) in [4.78, 5) is 18.9. The first kappa shape index (κ1) is 16.2. The van der Waals surface area contributed by atoms with Crippen LogP contribution in [0.1, 0.15) is 6.42 Å². The molecule has 2 N–H and O–H groups in total. The van der Waals surface area contributed by atoms with Crippen LogP contribution in [0.2, 0.25) is 0 Å². The van der Waals surface area contributed by atoms with Crippen LogP contribution in [0, 0.1) is 11.8 Å². The van der Waals surface area contributed by atoms with Crippen LogP contribution in [-0.2, 0) is 9.59 Å². The Morgan fingerprint density at radius 1 is 1.20 bits per heavy atom. The van der Waals surface area contributed by atoms with Crippen molar-refractivity contribution in [3.05, 3.63) is 6.57 Å². The smallest absolute Gasteiger partial charge is 0.512 e. The number of carboxylic acid groups (broad SMARTS) is 2. The van der Waals surface area contributed by atoms with Gasteiger partial charge >= 0.3 is 41.5 Å². The average Bonchev–Trinajstić information content (AvgIpc) is 1.68. The standard InChI is InChI=1S/C3H4O4.CN.Na/c4-2(5)1-3(6)7;1-2;/h1H2,(H,4,5)(H,6,7);;/q;-1;+1. The summed E-state index contributed by atoms with van der Waals surface area (Å²) in [6.45, 7) is 4.75. The maximum atomic E-state index is 9.43. The first-order chi connectivity index (χ1) is 4.13. The predicted octanol–water partition coefficient (Wildman–Crippen LogP) is -3.35. The van der Waals surface area contributed by atoms with Crippen molar-refractivity contribution in [3.8, 4) is 0 Å².